The molecule has 1 N–H and O–H groups in total. The third-order valence-corrected chi connectivity index (χ3v) is 6.27. The molecule has 3 aromatic rings. The van der Waals surface area contributed by atoms with E-state index in [4.69, 9.17) is 9.15 Å². The summed E-state index contributed by atoms with van der Waals surface area (Å²) in [6.45, 7) is 11.8. The van der Waals surface area contributed by atoms with E-state index in [0.717, 1.165) is 35.7 Å². The lowest BCUT2D eigenvalue weighted by atomic mass is 9.87. The van der Waals surface area contributed by atoms with Crippen molar-refractivity contribution < 1.29 is 13.9 Å². The highest BCUT2D eigenvalue weighted by atomic mass is 16.5. The van der Waals surface area contributed by atoms with E-state index >= 15 is 0 Å². The fraction of sp³-hybridized carbons (Fsp3) is 0.407. The van der Waals surface area contributed by atoms with E-state index in [-0.39, 0.29) is 11.4 Å². The number of urea groups is 1. The number of ether oxygens (including phenoxy) is 1. The van der Waals surface area contributed by atoms with Crippen molar-refractivity contribution in [2.45, 2.75) is 39.7 Å². The Labute approximate surface area is 201 Å². The summed E-state index contributed by atoms with van der Waals surface area (Å²) >= 11 is 0. The zero-order chi connectivity index (χ0) is 24.3. The number of methoxy groups -OCH3 is 1. The standard InChI is InChI=1S/C27H34N4O3/c1-19-28-18-25(34-19)23-11-10-22(16-24(23)33-5)30-12-14-31(15-13-30)26(32)29-17-20-6-8-21(9-7-20)27(2,3)4/h6-11,16,18H,12-15,17H2,1-5H3,(H,29,32). The normalized spacial score (nSPS) is 14.3. The van der Waals surface area contributed by atoms with Crippen LogP contribution in [0.15, 0.2) is 53.1 Å². The molecule has 0 atom stereocenters. The largest absolute Gasteiger partial charge is 0.496 e. The molecular weight excluding hydrogens is 428 g/mol. The van der Waals surface area contributed by atoms with Gasteiger partial charge in [0.2, 0.25) is 0 Å². The highest BCUT2D eigenvalue weighted by Crippen LogP contribution is 2.34. The zero-order valence-electron chi connectivity index (χ0n) is 20.7. The lowest BCUT2D eigenvalue weighted by Crippen LogP contribution is -2.51. The van der Waals surface area contributed by atoms with Crippen LogP contribution in [-0.4, -0.2) is 49.2 Å². The molecule has 1 aliphatic heterocycles. The number of hydrogen-bond acceptors (Lipinski definition) is 5. The Hall–Kier alpha value is -3.48. The molecule has 1 aliphatic rings. The van der Waals surface area contributed by atoms with Gasteiger partial charge in [0.1, 0.15) is 5.75 Å². The summed E-state index contributed by atoms with van der Waals surface area (Å²) in [6, 6.07) is 14.5. The zero-order valence-corrected chi connectivity index (χ0v) is 20.7. The van der Waals surface area contributed by atoms with E-state index in [1.807, 2.05) is 24.0 Å². The first-order chi connectivity index (χ1) is 16.2. The van der Waals surface area contributed by atoms with Crippen molar-refractivity contribution in [1.29, 1.82) is 0 Å². The van der Waals surface area contributed by atoms with E-state index in [2.05, 4.69) is 66.3 Å². The average molecular weight is 463 g/mol. The third kappa shape index (κ3) is 5.35. The molecule has 7 nitrogen and oxygen atoms in total. The minimum atomic E-state index is -0.0202. The van der Waals surface area contributed by atoms with Crippen molar-refractivity contribution in [3.05, 3.63) is 65.7 Å². The van der Waals surface area contributed by atoms with Crippen molar-refractivity contribution in [2.75, 3.05) is 38.2 Å². The van der Waals surface area contributed by atoms with Gasteiger partial charge in [-0.3, -0.25) is 0 Å². The van der Waals surface area contributed by atoms with Crippen molar-refractivity contribution in [2.24, 2.45) is 0 Å². The first-order valence-electron chi connectivity index (χ1n) is 11.7. The minimum Gasteiger partial charge on any atom is -0.496 e. The van der Waals surface area contributed by atoms with Crippen molar-refractivity contribution in [3.63, 3.8) is 0 Å². The van der Waals surface area contributed by atoms with Gasteiger partial charge in [0, 0.05) is 51.4 Å². The van der Waals surface area contributed by atoms with Crippen LogP contribution in [0, 0.1) is 6.92 Å². The smallest absolute Gasteiger partial charge is 0.317 e. The number of nitrogens with one attached hydrogen (secondary N) is 1. The van der Waals surface area contributed by atoms with E-state index in [0.29, 0.717) is 31.3 Å². The summed E-state index contributed by atoms with van der Waals surface area (Å²) < 4.78 is 11.3. The lowest BCUT2D eigenvalue weighted by molar-refractivity contribution is 0.194. The SMILES string of the molecule is COc1cc(N2CCN(C(=O)NCc3ccc(C(C)(C)C)cc3)CC2)ccc1-c1cnc(C)o1. The molecule has 7 heteroatoms. The van der Waals surface area contributed by atoms with E-state index in [1.54, 1.807) is 13.3 Å². The molecule has 2 aromatic carbocycles. The summed E-state index contributed by atoms with van der Waals surface area (Å²) in [6.07, 6.45) is 1.71. The second-order valence-corrected chi connectivity index (χ2v) is 9.71. The van der Waals surface area contributed by atoms with Gasteiger partial charge in [-0.15, -0.1) is 0 Å². The van der Waals surface area contributed by atoms with Crippen LogP contribution in [0.4, 0.5) is 10.5 Å². The lowest BCUT2D eigenvalue weighted by Gasteiger charge is -2.36. The number of anilines is 1. The van der Waals surface area contributed by atoms with E-state index in [1.165, 1.54) is 5.56 Å². The molecule has 0 saturated carbocycles. The highest BCUT2D eigenvalue weighted by molar-refractivity contribution is 5.75. The summed E-state index contributed by atoms with van der Waals surface area (Å²) in [5.41, 5.74) is 4.46. The molecule has 0 radical (unpaired) electrons. The Morgan fingerprint density at radius 1 is 1.09 bits per heavy atom. The number of nitrogens with zero attached hydrogens (tertiary/aromatic N) is 3. The monoisotopic (exact) mass is 462 g/mol. The number of rotatable bonds is 5. The molecule has 1 aromatic heterocycles. The number of aryl methyl sites for hydroxylation is 1. The molecule has 180 valence electrons. The molecule has 1 saturated heterocycles. The topological polar surface area (TPSA) is 70.8 Å². The molecular formula is C27H34N4O3. The van der Waals surface area contributed by atoms with Gasteiger partial charge < -0.3 is 24.3 Å². The molecule has 0 unspecified atom stereocenters. The predicted molar refractivity (Wildman–Crippen MR) is 134 cm³/mol. The van der Waals surface area contributed by atoms with Crippen LogP contribution in [0.5, 0.6) is 5.75 Å². The molecule has 0 bridgehead atoms. The summed E-state index contributed by atoms with van der Waals surface area (Å²) in [4.78, 5) is 21.0. The van der Waals surface area contributed by atoms with Gasteiger partial charge in [-0.25, -0.2) is 9.78 Å². The van der Waals surface area contributed by atoms with Gasteiger partial charge in [0.05, 0.1) is 18.9 Å². The van der Waals surface area contributed by atoms with E-state index < -0.39 is 0 Å². The number of hydrogen-bond donors (Lipinski definition) is 1. The quantitative estimate of drug-likeness (QED) is 0.579. The first-order valence-corrected chi connectivity index (χ1v) is 11.7. The van der Waals surface area contributed by atoms with Crippen LogP contribution in [0.2, 0.25) is 0 Å². The van der Waals surface area contributed by atoms with Gasteiger partial charge in [-0.1, -0.05) is 45.0 Å². The summed E-state index contributed by atoms with van der Waals surface area (Å²) in [7, 11) is 1.66. The van der Waals surface area contributed by atoms with Gasteiger partial charge >= 0.3 is 6.03 Å². The average Bonchev–Trinajstić information content (AvgIpc) is 3.28. The van der Waals surface area contributed by atoms with Crippen molar-refractivity contribution in [3.8, 4) is 17.1 Å². The van der Waals surface area contributed by atoms with Gasteiger partial charge in [0.25, 0.3) is 0 Å². The van der Waals surface area contributed by atoms with Crippen LogP contribution in [0.3, 0.4) is 0 Å². The fourth-order valence-electron chi connectivity index (χ4n) is 4.15. The second-order valence-electron chi connectivity index (χ2n) is 9.71. The predicted octanol–water partition coefficient (Wildman–Crippen LogP) is 4.99. The van der Waals surface area contributed by atoms with Crippen LogP contribution in [0.25, 0.3) is 11.3 Å². The highest BCUT2D eigenvalue weighted by Gasteiger charge is 2.22. The maximum absolute atomic E-state index is 12.7. The van der Waals surface area contributed by atoms with Crippen LogP contribution < -0.4 is 15.0 Å². The Morgan fingerprint density at radius 3 is 2.38 bits per heavy atom. The molecule has 2 amide bonds. The van der Waals surface area contributed by atoms with Crippen LogP contribution in [-0.2, 0) is 12.0 Å². The van der Waals surface area contributed by atoms with Gasteiger partial charge in [-0.2, -0.15) is 0 Å². The number of benzene rings is 2. The first kappa shape index (κ1) is 23.7. The summed E-state index contributed by atoms with van der Waals surface area (Å²) in [5.74, 6) is 2.05. The minimum absolute atomic E-state index is 0.0202. The number of aromatic nitrogens is 1. The molecule has 2 heterocycles. The van der Waals surface area contributed by atoms with Gasteiger partial charge in [0.15, 0.2) is 11.7 Å². The second kappa shape index (κ2) is 9.79. The number of carbonyl (C=O) groups excluding carboxylic acids is 1. The summed E-state index contributed by atoms with van der Waals surface area (Å²) in [5, 5.41) is 3.06. The Balaban J connectivity index is 1.32. The molecule has 34 heavy (non-hydrogen) atoms. The number of carbonyl (C=O) groups is 1. The van der Waals surface area contributed by atoms with Gasteiger partial charge in [-0.05, 0) is 28.7 Å². The number of piperazine rings is 1. The van der Waals surface area contributed by atoms with E-state index in [9.17, 15) is 4.79 Å². The Morgan fingerprint density at radius 2 is 1.79 bits per heavy atom. The maximum atomic E-state index is 12.7. The Bertz CT molecular complexity index is 1120. The van der Waals surface area contributed by atoms with Crippen LogP contribution in [0.1, 0.15) is 37.8 Å². The third-order valence-electron chi connectivity index (χ3n) is 6.27. The fourth-order valence-corrected chi connectivity index (χ4v) is 4.15. The molecule has 1 fully saturated rings. The molecule has 0 spiro atoms. The maximum Gasteiger partial charge on any atom is 0.317 e. The Kier molecular flexibility index (Phi) is 6.82. The molecule has 0 aliphatic carbocycles. The van der Waals surface area contributed by atoms with Crippen molar-refractivity contribution >= 4 is 11.7 Å². The number of amides is 2. The van der Waals surface area contributed by atoms with Crippen molar-refractivity contribution in [1.82, 2.24) is 15.2 Å². The number of oxazole rings is 1. The van der Waals surface area contributed by atoms with Crippen LogP contribution >= 0.6 is 0 Å². The molecule has 4 rings (SSSR count).